The highest BCUT2D eigenvalue weighted by Gasteiger charge is 2.17. The fraction of sp³-hybridized carbons (Fsp3) is 0.429. The van der Waals surface area contributed by atoms with Crippen molar-refractivity contribution in [3.8, 4) is 0 Å². The highest BCUT2D eigenvalue weighted by molar-refractivity contribution is 7.99. The average Bonchev–Trinajstić information content (AvgIpc) is 2.87. The molecule has 4 nitrogen and oxygen atoms in total. The maximum Gasteiger partial charge on any atom is 0.233 e. The van der Waals surface area contributed by atoms with E-state index in [2.05, 4.69) is 9.97 Å². The van der Waals surface area contributed by atoms with Crippen LogP contribution in [0.3, 0.4) is 0 Å². The Morgan fingerprint density at radius 2 is 2.15 bits per heavy atom. The van der Waals surface area contributed by atoms with Crippen LogP contribution in [0.1, 0.15) is 19.3 Å². The van der Waals surface area contributed by atoms with E-state index < -0.39 is 0 Å². The van der Waals surface area contributed by atoms with E-state index in [9.17, 15) is 4.79 Å². The lowest BCUT2D eigenvalue weighted by Crippen LogP contribution is -2.36. The first-order valence-corrected chi connectivity index (χ1v) is 8.14. The van der Waals surface area contributed by atoms with E-state index >= 15 is 0 Å². The molecule has 1 aliphatic rings. The molecule has 1 amide bonds. The van der Waals surface area contributed by atoms with Crippen LogP contribution in [-0.4, -0.2) is 39.6 Å². The molecule has 0 aliphatic carbocycles. The molecule has 0 bridgehead atoms. The number of imidazole rings is 1. The van der Waals surface area contributed by atoms with Gasteiger partial charge in [0.05, 0.1) is 16.8 Å². The summed E-state index contributed by atoms with van der Waals surface area (Å²) in [5.41, 5.74) is 1.78. The van der Waals surface area contributed by atoms with Gasteiger partial charge < -0.3 is 9.88 Å². The smallest absolute Gasteiger partial charge is 0.233 e. The standard InChI is InChI=1S/C14H16ClN3OS/c15-10-4-5-11-12(8-10)17-14(16-11)20-9-13(19)18-6-2-1-3-7-18/h4-5,8H,1-3,6-7,9H2,(H,16,17). The molecule has 20 heavy (non-hydrogen) atoms. The predicted octanol–water partition coefficient (Wildman–Crippen LogP) is 3.32. The summed E-state index contributed by atoms with van der Waals surface area (Å²) in [4.78, 5) is 21.7. The highest BCUT2D eigenvalue weighted by atomic mass is 35.5. The molecule has 1 fully saturated rings. The Bertz CT molecular complexity index is 622. The average molecular weight is 310 g/mol. The van der Waals surface area contributed by atoms with E-state index in [1.54, 1.807) is 0 Å². The highest BCUT2D eigenvalue weighted by Crippen LogP contribution is 2.22. The Hall–Kier alpha value is -1.20. The van der Waals surface area contributed by atoms with Crippen molar-refractivity contribution in [2.45, 2.75) is 24.4 Å². The summed E-state index contributed by atoms with van der Waals surface area (Å²) in [5.74, 6) is 0.640. The zero-order valence-electron chi connectivity index (χ0n) is 11.1. The van der Waals surface area contributed by atoms with Crippen molar-refractivity contribution in [1.29, 1.82) is 0 Å². The number of H-pyrrole nitrogens is 1. The second kappa shape index (κ2) is 6.06. The Labute approximate surface area is 126 Å². The number of fused-ring (bicyclic) bond motifs is 1. The zero-order valence-corrected chi connectivity index (χ0v) is 12.6. The molecule has 2 heterocycles. The van der Waals surface area contributed by atoms with Crippen LogP contribution in [0.25, 0.3) is 11.0 Å². The second-order valence-corrected chi connectivity index (χ2v) is 6.33. The van der Waals surface area contributed by atoms with Crippen LogP contribution in [0.2, 0.25) is 5.02 Å². The number of nitrogens with one attached hydrogen (secondary N) is 1. The lowest BCUT2D eigenvalue weighted by atomic mass is 10.1. The third-order valence-corrected chi connectivity index (χ3v) is 4.56. The van der Waals surface area contributed by atoms with Crippen LogP contribution in [0.4, 0.5) is 0 Å². The summed E-state index contributed by atoms with van der Waals surface area (Å²) in [7, 11) is 0. The Morgan fingerprint density at radius 1 is 1.35 bits per heavy atom. The van der Waals surface area contributed by atoms with Crippen molar-refractivity contribution < 1.29 is 4.79 Å². The maximum atomic E-state index is 12.1. The number of nitrogens with zero attached hydrogens (tertiary/aromatic N) is 2. The van der Waals surface area contributed by atoms with Gasteiger partial charge in [-0.3, -0.25) is 4.79 Å². The summed E-state index contributed by atoms with van der Waals surface area (Å²) < 4.78 is 0. The number of carbonyl (C=O) groups excluding carboxylic acids is 1. The number of piperidine rings is 1. The summed E-state index contributed by atoms with van der Waals surface area (Å²) in [6.07, 6.45) is 3.49. The first-order valence-electron chi connectivity index (χ1n) is 6.78. The third-order valence-electron chi connectivity index (χ3n) is 3.46. The molecule has 106 valence electrons. The molecule has 0 spiro atoms. The summed E-state index contributed by atoms with van der Waals surface area (Å²) in [5, 5.41) is 1.45. The van der Waals surface area contributed by atoms with E-state index in [1.165, 1.54) is 18.2 Å². The van der Waals surface area contributed by atoms with Crippen LogP contribution in [0.5, 0.6) is 0 Å². The van der Waals surface area contributed by atoms with Crippen molar-refractivity contribution >= 4 is 40.3 Å². The quantitative estimate of drug-likeness (QED) is 0.885. The lowest BCUT2D eigenvalue weighted by Gasteiger charge is -2.26. The number of likely N-dealkylation sites (tertiary alicyclic amines) is 1. The molecule has 0 atom stereocenters. The molecule has 2 aromatic rings. The number of rotatable bonds is 3. The van der Waals surface area contributed by atoms with Gasteiger partial charge in [-0.1, -0.05) is 23.4 Å². The molecule has 1 N–H and O–H groups in total. The van der Waals surface area contributed by atoms with Gasteiger partial charge in [0, 0.05) is 18.1 Å². The molecule has 1 aromatic carbocycles. The van der Waals surface area contributed by atoms with E-state index in [4.69, 9.17) is 11.6 Å². The number of hydrogen-bond acceptors (Lipinski definition) is 3. The number of hydrogen-bond donors (Lipinski definition) is 1. The zero-order chi connectivity index (χ0) is 13.9. The lowest BCUT2D eigenvalue weighted by molar-refractivity contribution is -0.129. The van der Waals surface area contributed by atoms with Crippen LogP contribution in [-0.2, 0) is 4.79 Å². The first kappa shape index (κ1) is 13.8. The topological polar surface area (TPSA) is 49.0 Å². The van der Waals surface area contributed by atoms with Crippen molar-refractivity contribution in [2.24, 2.45) is 0 Å². The maximum absolute atomic E-state index is 12.1. The second-order valence-electron chi connectivity index (χ2n) is 4.93. The number of halogens is 1. The largest absolute Gasteiger partial charge is 0.342 e. The van der Waals surface area contributed by atoms with Crippen molar-refractivity contribution in [1.82, 2.24) is 14.9 Å². The summed E-state index contributed by atoms with van der Waals surface area (Å²) >= 11 is 7.39. The normalized spacial score (nSPS) is 15.8. The van der Waals surface area contributed by atoms with Gasteiger partial charge in [-0.25, -0.2) is 4.98 Å². The first-order chi connectivity index (χ1) is 9.72. The molecule has 0 radical (unpaired) electrons. The minimum Gasteiger partial charge on any atom is -0.342 e. The van der Waals surface area contributed by atoms with Gasteiger partial charge in [0.1, 0.15) is 0 Å². The summed E-state index contributed by atoms with van der Waals surface area (Å²) in [6.45, 7) is 1.80. The molecule has 1 aliphatic heterocycles. The Balaban J connectivity index is 1.63. The number of amides is 1. The van der Waals surface area contributed by atoms with Gasteiger partial charge in [-0.05, 0) is 37.5 Å². The van der Waals surface area contributed by atoms with Crippen LogP contribution >= 0.6 is 23.4 Å². The van der Waals surface area contributed by atoms with E-state index in [1.807, 2.05) is 23.1 Å². The SMILES string of the molecule is O=C(CSc1nc2ccc(Cl)cc2[nH]1)N1CCCCC1. The molecule has 6 heteroatoms. The van der Waals surface area contributed by atoms with Gasteiger partial charge in [0.15, 0.2) is 5.16 Å². The Kier molecular flexibility index (Phi) is 4.17. The van der Waals surface area contributed by atoms with E-state index in [0.717, 1.165) is 42.1 Å². The number of carbonyl (C=O) groups is 1. The number of thioether (sulfide) groups is 1. The van der Waals surface area contributed by atoms with Gasteiger partial charge >= 0.3 is 0 Å². The van der Waals surface area contributed by atoms with Crippen molar-refractivity contribution in [2.75, 3.05) is 18.8 Å². The fourth-order valence-electron chi connectivity index (χ4n) is 2.39. The predicted molar refractivity (Wildman–Crippen MR) is 82.3 cm³/mol. The number of aromatic nitrogens is 2. The van der Waals surface area contributed by atoms with Gasteiger partial charge in [-0.2, -0.15) is 0 Å². The molecular weight excluding hydrogens is 294 g/mol. The molecule has 1 saturated heterocycles. The molecule has 0 unspecified atom stereocenters. The van der Waals surface area contributed by atoms with Gasteiger partial charge in [0.2, 0.25) is 5.91 Å². The third kappa shape index (κ3) is 3.10. The number of aromatic amines is 1. The Morgan fingerprint density at radius 3 is 2.95 bits per heavy atom. The van der Waals surface area contributed by atoms with Crippen LogP contribution in [0.15, 0.2) is 23.4 Å². The molecule has 0 saturated carbocycles. The fourth-order valence-corrected chi connectivity index (χ4v) is 3.35. The van der Waals surface area contributed by atoms with Crippen molar-refractivity contribution in [3.05, 3.63) is 23.2 Å². The monoisotopic (exact) mass is 309 g/mol. The van der Waals surface area contributed by atoms with Crippen LogP contribution < -0.4 is 0 Å². The van der Waals surface area contributed by atoms with E-state index in [0.29, 0.717) is 10.8 Å². The van der Waals surface area contributed by atoms with Crippen LogP contribution in [0, 0.1) is 0 Å². The minimum atomic E-state index is 0.202. The van der Waals surface area contributed by atoms with Gasteiger partial charge in [0.25, 0.3) is 0 Å². The minimum absolute atomic E-state index is 0.202. The van der Waals surface area contributed by atoms with Gasteiger partial charge in [-0.15, -0.1) is 0 Å². The summed E-state index contributed by atoms with van der Waals surface area (Å²) in [6, 6.07) is 5.54. The van der Waals surface area contributed by atoms with Crippen molar-refractivity contribution in [3.63, 3.8) is 0 Å². The number of benzene rings is 1. The molecule has 3 rings (SSSR count). The molecular formula is C14H16ClN3OS. The molecule has 1 aromatic heterocycles. The van der Waals surface area contributed by atoms with E-state index in [-0.39, 0.29) is 5.91 Å².